The van der Waals surface area contributed by atoms with Crippen molar-refractivity contribution in [1.29, 1.82) is 0 Å². The fraction of sp³-hybridized carbons (Fsp3) is 0.500. The topological polar surface area (TPSA) is 12.0 Å². The van der Waals surface area contributed by atoms with Crippen LogP contribution in [0.15, 0.2) is 41.3 Å². The molecule has 0 heterocycles. The Bertz CT molecular complexity index is 354. The first-order valence-electron chi connectivity index (χ1n) is 6.73. The average Bonchev–Trinajstić information content (AvgIpc) is 2.37. The first-order valence-corrected chi connectivity index (χ1v) is 7.72. The van der Waals surface area contributed by atoms with Crippen molar-refractivity contribution >= 4 is 11.8 Å². The van der Waals surface area contributed by atoms with Crippen molar-refractivity contribution in [1.82, 2.24) is 5.32 Å². The summed E-state index contributed by atoms with van der Waals surface area (Å²) in [6.45, 7) is 12.7. The molecule has 0 aromatic heterocycles. The molecule has 0 aliphatic rings. The molecule has 1 rings (SSSR count). The van der Waals surface area contributed by atoms with Gasteiger partial charge in [-0.1, -0.05) is 45.1 Å². The van der Waals surface area contributed by atoms with Gasteiger partial charge in [0, 0.05) is 17.2 Å². The van der Waals surface area contributed by atoms with E-state index in [1.54, 1.807) is 0 Å². The minimum absolute atomic E-state index is 0.609. The van der Waals surface area contributed by atoms with Crippen LogP contribution in [0.2, 0.25) is 0 Å². The van der Waals surface area contributed by atoms with Crippen LogP contribution in [-0.4, -0.2) is 18.8 Å². The normalized spacial score (nSPS) is 10.9. The second-order valence-corrected chi connectivity index (χ2v) is 5.99. The van der Waals surface area contributed by atoms with Crippen molar-refractivity contribution in [2.24, 2.45) is 0 Å². The van der Waals surface area contributed by atoms with Crippen LogP contribution >= 0.6 is 11.8 Å². The second kappa shape index (κ2) is 8.39. The van der Waals surface area contributed by atoms with Gasteiger partial charge in [-0.15, -0.1) is 11.8 Å². The van der Waals surface area contributed by atoms with Gasteiger partial charge in [0.1, 0.15) is 0 Å². The summed E-state index contributed by atoms with van der Waals surface area (Å²) in [5.74, 6) is 1.61. The number of nitrogens with one attached hydrogen (secondary N) is 1. The first-order chi connectivity index (χ1) is 8.63. The van der Waals surface area contributed by atoms with Crippen molar-refractivity contribution in [3.05, 3.63) is 42.0 Å². The fourth-order valence-corrected chi connectivity index (χ4v) is 2.43. The highest BCUT2D eigenvalue weighted by Gasteiger charge is 2.00. The van der Waals surface area contributed by atoms with E-state index in [1.165, 1.54) is 22.5 Å². The zero-order valence-electron chi connectivity index (χ0n) is 11.8. The van der Waals surface area contributed by atoms with Crippen molar-refractivity contribution in [3.63, 3.8) is 0 Å². The summed E-state index contributed by atoms with van der Waals surface area (Å²) in [4.78, 5) is 1.33. The molecule has 100 valence electrons. The molecule has 0 aliphatic heterocycles. The van der Waals surface area contributed by atoms with E-state index in [2.05, 4.69) is 56.9 Å². The van der Waals surface area contributed by atoms with Gasteiger partial charge in [-0.05, 0) is 36.6 Å². The lowest BCUT2D eigenvalue weighted by Crippen LogP contribution is -2.18. The van der Waals surface area contributed by atoms with Crippen LogP contribution in [0.25, 0.3) is 0 Å². The van der Waals surface area contributed by atoms with Crippen LogP contribution in [-0.2, 0) is 0 Å². The molecule has 0 bridgehead atoms. The van der Waals surface area contributed by atoms with Crippen LogP contribution in [0.5, 0.6) is 0 Å². The molecule has 0 amide bonds. The Balaban J connectivity index is 2.32. The van der Waals surface area contributed by atoms with E-state index in [9.17, 15) is 0 Å². The van der Waals surface area contributed by atoms with Crippen molar-refractivity contribution in [2.75, 3.05) is 18.8 Å². The van der Waals surface area contributed by atoms with E-state index in [0.717, 1.165) is 18.8 Å². The third-order valence-electron chi connectivity index (χ3n) is 2.79. The fourth-order valence-electron chi connectivity index (χ4n) is 1.63. The molecule has 1 nitrogen and oxygen atoms in total. The van der Waals surface area contributed by atoms with Gasteiger partial charge in [0.25, 0.3) is 0 Å². The number of thioether (sulfide) groups is 1. The minimum atomic E-state index is 0.609. The van der Waals surface area contributed by atoms with Crippen molar-refractivity contribution in [3.8, 4) is 0 Å². The van der Waals surface area contributed by atoms with Crippen LogP contribution in [0.3, 0.4) is 0 Å². The average molecular weight is 263 g/mol. The molecule has 0 saturated heterocycles. The maximum absolute atomic E-state index is 4.10. The molecular weight excluding hydrogens is 238 g/mol. The van der Waals surface area contributed by atoms with E-state index >= 15 is 0 Å². The van der Waals surface area contributed by atoms with Gasteiger partial charge in [-0.3, -0.25) is 0 Å². The van der Waals surface area contributed by atoms with Gasteiger partial charge in [0.15, 0.2) is 0 Å². The Labute approximate surface area is 116 Å². The van der Waals surface area contributed by atoms with Crippen LogP contribution in [0.1, 0.15) is 38.7 Å². The maximum atomic E-state index is 4.10. The van der Waals surface area contributed by atoms with Gasteiger partial charge in [-0.2, -0.15) is 0 Å². The number of rotatable bonds is 8. The van der Waals surface area contributed by atoms with Gasteiger partial charge < -0.3 is 5.32 Å². The predicted octanol–water partition coefficient (Wildman–Crippen LogP) is 4.46. The standard InChI is InChI=1S/C16H25NS/c1-5-10-17-11-14(4)12-18-16-8-6-15(7-9-16)13(2)3/h6-9,13,17H,4-5,10-12H2,1-3H3. The predicted molar refractivity (Wildman–Crippen MR) is 83.6 cm³/mol. The van der Waals surface area contributed by atoms with E-state index in [-0.39, 0.29) is 0 Å². The molecule has 0 aliphatic carbocycles. The molecule has 0 spiro atoms. The third-order valence-corrected chi connectivity index (χ3v) is 3.95. The molecule has 0 saturated carbocycles. The van der Waals surface area contributed by atoms with Crippen molar-refractivity contribution in [2.45, 2.75) is 38.0 Å². The lowest BCUT2D eigenvalue weighted by atomic mass is 10.0. The third kappa shape index (κ3) is 5.74. The molecule has 1 N–H and O–H groups in total. The van der Waals surface area contributed by atoms with E-state index < -0.39 is 0 Å². The number of hydrogen-bond acceptors (Lipinski definition) is 2. The Morgan fingerprint density at radius 2 is 1.94 bits per heavy atom. The van der Waals surface area contributed by atoms with Crippen LogP contribution < -0.4 is 5.32 Å². The highest BCUT2D eigenvalue weighted by molar-refractivity contribution is 7.99. The summed E-state index contributed by atoms with van der Waals surface area (Å²) in [6.07, 6.45) is 1.18. The van der Waals surface area contributed by atoms with Crippen molar-refractivity contribution < 1.29 is 0 Å². The van der Waals surface area contributed by atoms with Gasteiger partial charge in [0.05, 0.1) is 0 Å². The molecule has 1 aromatic carbocycles. The van der Waals surface area contributed by atoms with Gasteiger partial charge in [-0.25, -0.2) is 0 Å². The summed E-state index contributed by atoms with van der Waals surface area (Å²) in [7, 11) is 0. The molecule has 0 atom stereocenters. The lowest BCUT2D eigenvalue weighted by Gasteiger charge is -2.08. The summed E-state index contributed by atoms with van der Waals surface area (Å²) < 4.78 is 0. The van der Waals surface area contributed by atoms with E-state index in [1.807, 2.05) is 11.8 Å². The summed E-state index contributed by atoms with van der Waals surface area (Å²) in [6, 6.07) is 8.88. The minimum Gasteiger partial charge on any atom is -0.313 e. The highest BCUT2D eigenvalue weighted by Crippen LogP contribution is 2.22. The molecule has 2 heteroatoms. The smallest absolute Gasteiger partial charge is 0.0200 e. The zero-order valence-corrected chi connectivity index (χ0v) is 12.6. The molecule has 0 radical (unpaired) electrons. The number of benzene rings is 1. The van der Waals surface area contributed by atoms with E-state index in [4.69, 9.17) is 0 Å². The molecule has 0 fully saturated rings. The zero-order chi connectivity index (χ0) is 13.4. The SMILES string of the molecule is C=C(CNCCC)CSc1ccc(C(C)C)cc1. The quantitative estimate of drug-likeness (QED) is 0.422. The Hall–Kier alpha value is -0.730. The van der Waals surface area contributed by atoms with Gasteiger partial charge >= 0.3 is 0 Å². The van der Waals surface area contributed by atoms with E-state index in [0.29, 0.717) is 5.92 Å². The number of hydrogen-bond donors (Lipinski definition) is 1. The second-order valence-electron chi connectivity index (χ2n) is 4.94. The summed E-state index contributed by atoms with van der Waals surface area (Å²) in [5, 5.41) is 3.38. The Kier molecular flexibility index (Phi) is 7.14. The summed E-state index contributed by atoms with van der Waals surface area (Å²) in [5.41, 5.74) is 2.67. The molecule has 1 aromatic rings. The highest BCUT2D eigenvalue weighted by atomic mass is 32.2. The summed E-state index contributed by atoms with van der Waals surface area (Å²) >= 11 is 1.87. The monoisotopic (exact) mass is 263 g/mol. The van der Waals surface area contributed by atoms with Crippen LogP contribution in [0.4, 0.5) is 0 Å². The Morgan fingerprint density at radius 3 is 2.50 bits per heavy atom. The molecule has 0 unspecified atom stereocenters. The lowest BCUT2D eigenvalue weighted by molar-refractivity contribution is 0.716. The first kappa shape index (κ1) is 15.3. The Morgan fingerprint density at radius 1 is 1.28 bits per heavy atom. The van der Waals surface area contributed by atoms with Gasteiger partial charge in [0.2, 0.25) is 0 Å². The van der Waals surface area contributed by atoms with Crippen LogP contribution in [0, 0.1) is 0 Å². The largest absolute Gasteiger partial charge is 0.313 e. The molecular formula is C16H25NS. The molecule has 18 heavy (non-hydrogen) atoms. The maximum Gasteiger partial charge on any atom is 0.0200 e.